The van der Waals surface area contributed by atoms with E-state index < -0.39 is 6.16 Å². The molecule has 2 aromatic rings. The van der Waals surface area contributed by atoms with E-state index >= 15 is 0 Å². The highest BCUT2D eigenvalue weighted by molar-refractivity contribution is 5.90. The maximum absolute atomic E-state index is 8.56. The van der Waals surface area contributed by atoms with Gasteiger partial charge in [-0.3, -0.25) is 0 Å². The van der Waals surface area contributed by atoms with Crippen LogP contribution in [0.1, 0.15) is 5.56 Å². The molecule has 3 heteroatoms. The van der Waals surface area contributed by atoms with Crippen molar-refractivity contribution in [3.05, 3.63) is 54.6 Å². The second-order valence-electron chi connectivity index (χ2n) is 3.06. The van der Waals surface area contributed by atoms with Crippen LogP contribution in [0.3, 0.4) is 0 Å². The van der Waals surface area contributed by atoms with Crippen LogP contribution in [0.25, 0.3) is 16.8 Å². The van der Waals surface area contributed by atoms with Gasteiger partial charge < -0.3 is 10.2 Å². The summed E-state index contributed by atoms with van der Waals surface area (Å²) in [6.07, 6.45) is 0.0579. The minimum atomic E-state index is -1.83. The van der Waals surface area contributed by atoms with E-state index in [0.29, 0.717) is 0 Å². The molecule has 2 aromatic carbocycles. The van der Waals surface area contributed by atoms with Crippen LogP contribution in [0.2, 0.25) is 0 Å². The third-order valence-electron chi connectivity index (χ3n) is 2.04. The van der Waals surface area contributed by atoms with Crippen molar-refractivity contribution in [3.63, 3.8) is 0 Å². The number of fused-ring (bicyclic) bond motifs is 1. The molecule has 0 bridgehead atoms. The summed E-state index contributed by atoms with van der Waals surface area (Å²) in [6, 6.07) is 14.6. The van der Waals surface area contributed by atoms with Gasteiger partial charge in [0.25, 0.3) is 0 Å². The average molecular weight is 216 g/mol. The van der Waals surface area contributed by atoms with E-state index in [0.717, 1.165) is 0 Å². The molecule has 0 heterocycles. The number of hydrogen-bond acceptors (Lipinski definition) is 1. The van der Waals surface area contributed by atoms with Crippen molar-refractivity contribution in [2.24, 2.45) is 0 Å². The molecule has 0 aliphatic carbocycles. The Kier molecular flexibility index (Phi) is 4.09. The van der Waals surface area contributed by atoms with E-state index in [2.05, 4.69) is 49.0 Å². The van der Waals surface area contributed by atoms with Crippen molar-refractivity contribution in [3.8, 4) is 0 Å². The lowest BCUT2D eigenvalue weighted by atomic mass is 10.1. The Morgan fingerprint density at radius 1 is 1.06 bits per heavy atom. The Morgan fingerprint density at radius 3 is 2.25 bits per heavy atom. The molecule has 0 aromatic heterocycles. The highest BCUT2D eigenvalue weighted by Gasteiger charge is 1.93. The van der Waals surface area contributed by atoms with Crippen LogP contribution >= 0.6 is 0 Å². The molecule has 0 saturated carbocycles. The molecule has 3 nitrogen and oxygen atoms in total. The fraction of sp³-hybridized carbons (Fsp3) is 0. The number of carbonyl (C=O) groups is 1. The zero-order valence-corrected chi connectivity index (χ0v) is 8.63. The second kappa shape index (κ2) is 5.56. The molecule has 82 valence electrons. The Balaban J connectivity index is 0.000000280. The highest BCUT2D eigenvalue weighted by Crippen LogP contribution is 2.18. The lowest BCUT2D eigenvalue weighted by Crippen LogP contribution is -1.81. The van der Waals surface area contributed by atoms with Crippen molar-refractivity contribution in [2.45, 2.75) is 0 Å². The van der Waals surface area contributed by atoms with Gasteiger partial charge in [0.1, 0.15) is 0 Å². The van der Waals surface area contributed by atoms with Crippen molar-refractivity contribution in [1.82, 2.24) is 0 Å². The topological polar surface area (TPSA) is 57.5 Å². The normalized spacial score (nSPS) is 9.00. The zero-order chi connectivity index (χ0) is 12.0. The van der Waals surface area contributed by atoms with Gasteiger partial charge in [-0.05, 0) is 16.3 Å². The van der Waals surface area contributed by atoms with Crippen molar-refractivity contribution in [2.75, 3.05) is 0 Å². The summed E-state index contributed by atoms with van der Waals surface area (Å²) < 4.78 is 0. The Morgan fingerprint density at radius 2 is 1.62 bits per heavy atom. The number of rotatable bonds is 1. The molecule has 0 unspecified atom stereocenters. The van der Waals surface area contributed by atoms with E-state index in [1.54, 1.807) is 0 Å². The van der Waals surface area contributed by atoms with Gasteiger partial charge in [0.15, 0.2) is 0 Å². The summed E-state index contributed by atoms with van der Waals surface area (Å²) in [7, 11) is 0. The molecule has 2 rings (SSSR count). The maximum Gasteiger partial charge on any atom is 0.503 e. The van der Waals surface area contributed by atoms with Crippen LogP contribution in [0.15, 0.2) is 49.0 Å². The Labute approximate surface area is 93.3 Å². The van der Waals surface area contributed by atoms with Gasteiger partial charge in [-0.15, -0.1) is 0 Å². The summed E-state index contributed by atoms with van der Waals surface area (Å²) in [5.74, 6) is 0. The van der Waals surface area contributed by atoms with Gasteiger partial charge in [0.2, 0.25) is 0 Å². The van der Waals surface area contributed by atoms with Crippen molar-refractivity contribution in [1.29, 1.82) is 0 Å². The van der Waals surface area contributed by atoms with Crippen LogP contribution in [-0.2, 0) is 0 Å². The van der Waals surface area contributed by atoms with Crippen LogP contribution < -0.4 is 0 Å². The van der Waals surface area contributed by atoms with Crippen LogP contribution in [0.4, 0.5) is 4.79 Å². The van der Waals surface area contributed by atoms with Crippen molar-refractivity contribution >= 4 is 23.0 Å². The van der Waals surface area contributed by atoms with Gasteiger partial charge in [-0.25, -0.2) is 4.79 Å². The highest BCUT2D eigenvalue weighted by atomic mass is 16.6. The third-order valence-corrected chi connectivity index (χ3v) is 2.04. The van der Waals surface area contributed by atoms with Gasteiger partial charge in [-0.2, -0.15) is 0 Å². The smallest absolute Gasteiger partial charge is 0.450 e. The first-order chi connectivity index (χ1) is 7.65. The fourth-order valence-electron chi connectivity index (χ4n) is 1.43. The van der Waals surface area contributed by atoms with E-state index in [-0.39, 0.29) is 0 Å². The van der Waals surface area contributed by atoms with Gasteiger partial charge in [0, 0.05) is 0 Å². The molecular formula is C13H12O3. The number of carboxylic acid groups (broad SMARTS) is 2. The van der Waals surface area contributed by atoms with Crippen molar-refractivity contribution < 1.29 is 15.0 Å². The summed E-state index contributed by atoms with van der Waals surface area (Å²) in [4.78, 5) is 8.56. The molecule has 0 aliphatic heterocycles. The number of hydrogen-bond donors (Lipinski definition) is 2. The van der Waals surface area contributed by atoms with E-state index in [9.17, 15) is 0 Å². The lowest BCUT2D eigenvalue weighted by Gasteiger charge is -1.99. The third kappa shape index (κ3) is 3.13. The van der Waals surface area contributed by atoms with Gasteiger partial charge in [-0.1, -0.05) is 55.1 Å². The van der Waals surface area contributed by atoms with Crippen LogP contribution in [-0.4, -0.2) is 16.4 Å². The van der Waals surface area contributed by atoms with E-state index in [1.807, 2.05) is 6.08 Å². The summed E-state index contributed by atoms with van der Waals surface area (Å²) in [5, 5.41) is 16.5. The lowest BCUT2D eigenvalue weighted by molar-refractivity contribution is 0.137. The van der Waals surface area contributed by atoms with Crippen LogP contribution in [0.5, 0.6) is 0 Å². The molecule has 16 heavy (non-hydrogen) atoms. The van der Waals surface area contributed by atoms with Gasteiger partial charge >= 0.3 is 6.16 Å². The van der Waals surface area contributed by atoms with E-state index in [1.165, 1.54) is 16.3 Å². The molecule has 0 atom stereocenters. The quantitative estimate of drug-likeness (QED) is 0.764. The Bertz CT molecular complexity index is 494. The van der Waals surface area contributed by atoms with Gasteiger partial charge in [0.05, 0.1) is 0 Å². The molecule has 2 N–H and O–H groups in total. The first-order valence-electron chi connectivity index (χ1n) is 4.67. The average Bonchev–Trinajstić information content (AvgIpc) is 2.27. The minimum absolute atomic E-state index is 1.20. The molecule has 0 aliphatic rings. The summed E-state index contributed by atoms with van der Waals surface area (Å²) >= 11 is 0. The SMILES string of the molecule is C=Cc1cccc2ccccc12.O=C(O)O. The zero-order valence-electron chi connectivity index (χ0n) is 8.63. The second-order valence-corrected chi connectivity index (χ2v) is 3.06. The number of benzene rings is 2. The van der Waals surface area contributed by atoms with E-state index in [4.69, 9.17) is 15.0 Å². The van der Waals surface area contributed by atoms with Crippen LogP contribution in [0, 0.1) is 0 Å². The molecule has 0 radical (unpaired) electrons. The molecule has 0 amide bonds. The first kappa shape index (κ1) is 11.8. The molecule has 0 saturated heterocycles. The summed E-state index contributed by atoms with van der Waals surface area (Å²) in [6.45, 7) is 3.78. The largest absolute Gasteiger partial charge is 0.503 e. The molecule has 0 spiro atoms. The molecule has 0 fully saturated rings. The fourth-order valence-corrected chi connectivity index (χ4v) is 1.43. The summed E-state index contributed by atoms with van der Waals surface area (Å²) in [5.41, 5.74) is 1.20. The monoisotopic (exact) mass is 216 g/mol. The minimum Gasteiger partial charge on any atom is -0.450 e. The molecular weight excluding hydrogens is 204 g/mol. The standard InChI is InChI=1S/C12H10.CH2O3/c1-2-10-7-5-8-11-6-3-4-9-12(10)11;2-1(3)4/h2-9H,1H2;(H2,2,3,4). The predicted octanol–water partition coefficient (Wildman–Crippen LogP) is 3.71. The Hall–Kier alpha value is -2.29. The predicted molar refractivity (Wildman–Crippen MR) is 64.7 cm³/mol. The first-order valence-corrected chi connectivity index (χ1v) is 4.67. The maximum atomic E-state index is 8.56.